The lowest BCUT2D eigenvalue weighted by Gasteiger charge is -2.20. The molecule has 0 radical (unpaired) electrons. The van der Waals surface area contributed by atoms with Crippen molar-refractivity contribution in [3.05, 3.63) is 92.0 Å². The molecule has 5 rings (SSSR count). The fourth-order valence-corrected chi connectivity index (χ4v) is 6.82. The van der Waals surface area contributed by atoms with E-state index in [-0.39, 0.29) is 43.0 Å². The summed E-state index contributed by atoms with van der Waals surface area (Å²) in [6.45, 7) is 8.74. The van der Waals surface area contributed by atoms with E-state index in [2.05, 4.69) is 10.6 Å². The molecule has 1 amide bonds. The Morgan fingerprint density at radius 2 is 1.72 bits per heavy atom. The molecule has 50 heavy (non-hydrogen) atoms. The quantitative estimate of drug-likeness (QED) is 0.146. The van der Waals surface area contributed by atoms with E-state index in [4.69, 9.17) is 19.7 Å². The van der Waals surface area contributed by atoms with Crippen LogP contribution in [0.1, 0.15) is 60.3 Å². The van der Waals surface area contributed by atoms with Crippen molar-refractivity contribution < 1.29 is 39.5 Å². The van der Waals surface area contributed by atoms with Crippen LogP contribution in [0.25, 0.3) is 0 Å². The molecule has 0 aromatic heterocycles. The number of ether oxygens (including phenoxy) is 1. The Hall–Kier alpha value is -5.14. The molecule has 1 fully saturated rings. The fourth-order valence-electron chi connectivity index (χ4n) is 6.82. The summed E-state index contributed by atoms with van der Waals surface area (Å²) in [5.74, 6) is -2.85. The fraction of sp³-hybridized carbons (Fsp3) is 0.405. The summed E-state index contributed by atoms with van der Waals surface area (Å²) in [6.07, 6.45) is 5.73. The van der Waals surface area contributed by atoms with Crippen LogP contribution < -0.4 is 10.6 Å². The Morgan fingerprint density at radius 3 is 2.36 bits per heavy atom. The molecule has 0 aliphatic carbocycles. The molecule has 13 heteroatoms. The molecule has 5 aliphatic rings. The van der Waals surface area contributed by atoms with Crippen LogP contribution in [-0.4, -0.2) is 81.8 Å². The number of methoxy groups -OCH3 is 1. The first-order valence-electron chi connectivity index (χ1n) is 16.6. The van der Waals surface area contributed by atoms with Crippen LogP contribution in [0.15, 0.2) is 107 Å². The van der Waals surface area contributed by atoms with Gasteiger partial charge in [0.05, 0.1) is 72.3 Å². The molecule has 5 aliphatic heterocycles. The number of rotatable bonds is 10. The van der Waals surface area contributed by atoms with E-state index in [1.54, 1.807) is 13.0 Å². The standard InChI is InChI=1S/C37H43N5O8/c1-7-22-17(2)27-12-31-25(16-44)19(4)26(40-31)11-28-18(3)23(8-9-32(46)47)35(41-28)24(10-33(48)50-6)36-34(37(49)38-14-21(45)15-43)20(5)29(42-36)13-30(22)39-27/h11-13,16,18,21,23,41,43-45H,7-10,14-15H2,1-6H3,(H,38,49)(H,46,47). The third-order valence-corrected chi connectivity index (χ3v) is 9.75. The van der Waals surface area contributed by atoms with Crippen molar-refractivity contribution in [1.29, 1.82) is 0 Å². The van der Waals surface area contributed by atoms with Gasteiger partial charge in [0.1, 0.15) is 0 Å². The van der Waals surface area contributed by atoms with Gasteiger partial charge in [-0.2, -0.15) is 0 Å². The van der Waals surface area contributed by atoms with Crippen LogP contribution in [0, 0.1) is 11.8 Å². The number of amides is 1. The normalized spacial score (nSPS) is 23.0. The second-order valence-electron chi connectivity index (χ2n) is 12.8. The van der Waals surface area contributed by atoms with Crippen molar-refractivity contribution in [2.75, 3.05) is 20.3 Å². The Labute approximate surface area is 290 Å². The maximum absolute atomic E-state index is 13.9. The second-order valence-corrected chi connectivity index (χ2v) is 12.8. The molecule has 0 saturated carbocycles. The summed E-state index contributed by atoms with van der Waals surface area (Å²) in [5, 5.41) is 45.5. The summed E-state index contributed by atoms with van der Waals surface area (Å²) in [7, 11) is 1.26. The minimum absolute atomic E-state index is 0.155. The number of esters is 1. The zero-order chi connectivity index (χ0) is 36.4. The molecule has 0 aromatic carbocycles. The second kappa shape index (κ2) is 14.8. The number of carbonyl (C=O) groups is 3. The molecule has 0 aromatic rings. The van der Waals surface area contributed by atoms with Gasteiger partial charge in [0.15, 0.2) is 0 Å². The van der Waals surface area contributed by atoms with E-state index in [1.165, 1.54) is 7.11 Å². The first kappa shape index (κ1) is 36.1. The van der Waals surface area contributed by atoms with Crippen LogP contribution in [-0.2, 0) is 19.1 Å². The van der Waals surface area contributed by atoms with E-state index >= 15 is 0 Å². The maximum Gasteiger partial charge on any atom is 0.310 e. The van der Waals surface area contributed by atoms with Gasteiger partial charge in [-0.3, -0.25) is 14.4 Å². The lowest BCUT2D eigenvalue weighted by Crippen LogP contribution is -2.36. The highest BCUT2D eigenvalue weighted by atomic mass is 16.5. The zero-order valence-corrected chi connectivity index (χ0v) is 29.0. The van der Waals surface area contributed by atoms with E-state index < -0.39 is 36.5 Å². The smallest absolute Gasteiger partial charge is 0.310 e. The molecule has 264 valence electrons. The molecule has 1 saturated heterocycles. The minimum atomic E-state index is -1.19. The SMILES string of the molecule is CCC1=C(C)C2=CC3=NC(=C(C)C3=CO)C=C3NC(=C(CC(=O)OC)C4=NC(=CC1=N2)C(C)=C4C(=O)NCC(O)CO)C(CCC(=O)O)C3C. The van der Waals surface area contributed by atoms with E-state index in [9.17, 15) is 34.8 Å². The number of aliphatic carboxylic acids is 1. The number of aliphatic imine (C=N–C) groups is 3. The van der Waals surface area contributed by atoms with Gasteiger partial charge in [-0.15, -0.1) is 0 Å². The van der Waals surface area contributed by atoms with E-state index in [0.29, 0.717) is 63.0 Å². The van der Waals surface area contributed by atoms with Crippen molar-refractivity contribution in [3.63, 3.8) is 0 Å². The summed E-state index contributed by atoms with van der Waals surface area (Å²) < 4.78 is 5.10. The molecule has 13 nitrogen and oxygen atoms in total. The third-order valence-electron chi connectivity index (χ3n) is 9.75. The van der Waals surface area contributed by atoms with Crippen LogP contribution >= 0.6 is 0 Å². The molecule has 3 atom stereocenters. The third kappa shape index (κ3) is 6.83. The number of carboxylic acid groups (broad SMARTS) is 1. The van der Waals surface area contributed by atoms with Gasteiger partial charge < -0.3 is 35.8 Å². The van der Waals surface area contributed by atoms with E-state index in [0.717, 1.165) is 23.0 Å². The Kier molecular flexibility index (Phi) is 10.7. The van der Waals surface area contributed by atoms with Crippen molar-refractivity contribution in [2.24, 2.45) is 26.8 Å². The number of nitrogens with zero attached hydrogens (tertiary/aromatic N) is 3. The lowest BCUT2D eigenvalue weighted by molar-refractivity contribution is -0.140. The number of hydrogen-bond acceptors (Lipinski definition) is 11. The number of fused-ring (bicyclic) bond motifs is 5. The molecular weight excluding hydrogens is 642 g/mol. The van der Waals surface area contributed by atoms with Gasteiger partial charge >= 0.3 is 11.9 Å². The van der Waals surface area contributed by atoms with Crippen molar-refractivity contribution in [1.82, 2.24) is 10.6 Å². The van der Waals surface area contributed by atoms with Gasteiger partial charge in [0.2, 0.25) is 0 Å². The number of aliphatic hydroxyl groups is 3. The molecule has 3 unspecified atom stereocenters. The van der Waals surface area contributed by atoms with Gasteiger partial charge in [0, 0.05) is 47.3 Å². The number of aliphatic hydroxyl groups excluding tert-OH is 3. The Balaban J connectivity index is 1.84. The van der Waals surface area contributed by atoms with Crippen LogP contribution in [0.3, 0.4) is 0 Å². The van der Waals surface area contributed by atoms with Crippen LogP contribution in [0.4, 0.5) is 0 Å². The zero-order valence-electron chi connectivity index (χ0n) is 29.0. The average Bonchev–Trinajstić information content (AvgIpc) is 3.77. The highest BCUT2D eigenvalue weighted by Crippen LogP contribution is 2.43. The average molecular weight is 686 g/mol. The highest BCUT2D eigenvalue weighted by Gasteiger charge is 2.40. The Morgan fingerprint density at radius 1 is 1.02 bits per heavy atom. The van der Waals surface area contributed by atoms with Gasteiger partial charge in [-0.25, -0.2) is 15.0 Å². The topological polar surface area (TPSA) is 202 Å². The minimum Gasteiger partial charge on any atom is -0.515 e. The molecule has 5 heterocycles. The van der Waals surface area contributed by atoms with Gasteiger partial charge in [0.25, 0.3) is 5.91 Å². The molecule has 6 N–H and O–H groups in total. The van der Waals surface area contributed by atoms with E-state index in [1.807, 2.05) is 39.8 Å². The Bertz CT molecular complexity index is 1900. The van der Waals surface area contributed by atoms with Crippen LogP contribution in [0.5, 0.6) is 0 Å². The summed E-state index contributed by atoms with van der Waals surface area (Å²) in [6, 6.07) is 0. The number of nitrogens with one attached hydrogen (secondary N) is 2. The number of allylic oxidation sites excluding steroid dienone is 10. The molecular formula is C37H43N5O8. The first-order valence-corrected chi connectivity index (χ1v) is 16.6. The number of carbonyl (C=O) groups excluding carboxylic acids is 2. The summed E-state index contributed by atoms with van der Waals surface area (Å²) in [4.78, 5) is 53.6. The number of carboxylic acids is 1. The predicted molar refractivity (Wildman–Crippen MR) is 188 cm³/mol. The molecule has 8 bridgehead atoms. The monoisotopic (exact) mass is 685 g/mol. The van der Waals surface area contributed by atoms with Gasteiger partial charge in [-0.1, -0.05) is 13.8 Å². The van der Waals surface area contributed by atoms with Crippen molar-refractivity contribution in [3.8, 4) is 0 Å². The summed E-state index contributed by atoms with van der Waals surface area (Å²) in [5.41, 5.74) is 8.45. The molecule has 0 spiro atoms. The van der Waals surface area contributed by atoms with Crippen molar-refractivity contribution >= 4 is 35.0 Å². The summed E-state index contributed by atoms with van der Waals surface area (Å²) >= 11 is 0. The largest absolute Gasteiger partial charge is 0.515 e. The maximum atomic E-state index is 13.9. The highest BCUT2D eigenvalue weighted by molar-refractivity contribution is 6.32. The predicted octanol–water partition coefficient (Wildman–Crippen LogP) is 3.78. The van der Waals surface area contributed by atoms with Crippen molar-refractivity contribution in [2.45, 2.75) is 66.4 Å². The number of hydrogen-bond donors (Lipinski definition) is 6. The lowest BCUT2D eigenvalue weighted by atomic mass is 9.84. The van der Waals surface area contributed by atoms with Crippen LogP contribution in [0.2, 0.25) is 0 Å². The first-order chi connectivity index (χ1) is 23.8. The van der Waals surface area contributed by atoms with Gasteiger partial charge in [-0.05, 0) is 74.1 Å².